The average Bonchev–Trinajstić information content (AvgIpc) is 2.37. The summed E-state index contributed by atoms with van der Waals surface area (Å²) in [5, 5.41) is 0. The number of benzene rings is 2. The van der Waals surface area contributed by atoms with Crippen LogP contribution in [0.1, 0.15) is 22.3 Å². The molecule has 2 aromatic carbocycles. The molecular weight excluding hydrogens is 244 g/mol. The number of hydrogen-bond donors (Lipinski definition) is 1. The van der Waals surface area contributed by atoms with Crippen LogP contribution in [-0.2, 0) is 13.0 Å². The van der Waals surface area contributed by atoms with Gasteiger partial charge in [0.25, 0.3) is 0 Å². The number of hydrogen-bond acceptors (Lipinski definition) is 2. The molecule has 2 heteroatoms. The Balaban J connectivity index is 1.91. The fourth-order valence-electron chi connectivity index (χ4n) is 3.25. The summed E-state index contributed by atoms with van der Waals surface area (Å²) in [5.74, 6) is 0. The third-order valence-electron chi connectivity index (χ3n) is 3.92. The van der Waals surface area contributed by atoms with E-state index in [0.717, 1.165) is 19.5 Å². The monoisotopic (exact) mass is 266 g/mol. The van der Waals surface area contributed by atoms with E-state index in [9.17, 15) is 0 Å². The van der Waals surface area contributed by atoms with Gasteiger partial charge < -0.3 is 10.6 Å². The first-order chi connectivity index (χ1) is 9.61. The summed E-state index contributed by atoms with van der Waals surface area (Å²) in [6.07, 6.45) is 0.986. The number of rotatable bonds is 2. The quantitative estimate of drug-likeness (QED) is 0.904. The van der Waals surface area contributed by atoms with Crippen molar-refractivity contribution >= 4 is 5.69 Å². The lowest BCUT2D eigenvalue weighted by Crippen LogP contribution is -2.42. The largest absolute Gasteiger partial charge is 0.365 e. The minimum absolute atomic E-state index is 0.232. The van der Waals surface area contributed by atoms with Crippen LogP contribution in [0.15, 0.2) is 42.5 Å². The number of fused-ring (bicyclic) bond motifs is 1. The van der Waals surface area contributed by atoms with Crippen LogP contribution >= 0.6 is 0 Å². The van der Waals surface area contributed by atoms with Crippen molar-refractivity contribution in [2.75, 3.05) is 11.4 Å². The number of aryl methyl sites for hydroxylation is 2. The normalized spacial score (nSPS) is 17.9. The standard InChI is InChI=1S/C18H22N2/c1-13-7-14(2)9-15(8-13)11-20-12-17(19)10-16-5-3-4-6-18(16)20/h3-9,17H,10-12,19H2,1-2H3. The number of nitrogens with two attached hydrogens (primary N) is 1. The van der Waals surface area contributed by atoms with E-state index < -0.39 is 0 Å². The summed E-state index contributed by atoms with van der Waals surface area (Å²) in [7, 11) is 0. The van der Waals surface area contributed by atoms with Crippen molar-refractivity contribution in [3.8, 4) is 0 Å². The zero-order valence-electron chi connectivity index (χ0n) is 12.3. The minimum Gasteiger partial charge on any atom is -0.365 e. The second-order valence-electron chi connectivity index (χ2n) is 5.97. The Bertz CT molecular complexity index is 598. The Morgan fingerprint density at radius 1 is 1.10 bits per heavy atom. The van der Waals surface area contributed by atoms with Gasteiger partial charge in [0.1, 0.15) is 0 Å². The zero-order chi connectivity index (χ0) is 14.1. The van der Waals surface area contributed by atoms with Crippen LogP contribution in [-0.4, -0.2) is 12.6 Å². The van der Waals surface area contributed by atoms with E-state index in [1.165, 1.54) is 27.9 Å². The van der Waals surface area contributed by atoms with Crippen LogP contribution in [0.2, 0.25) is 0 Å². The predicted molar refractivity (Wildman–Crippen MR) is 85.1 cm³/mol. The second-order valence-corrected chi connectivity index (χ2v) is 5.97. The third-order valence-corrected chi connectivity index (χ3v) is 3.92. The molecule has 0 amide bonds. The van der Waals surface area contributed by atoms with Gasteiger partial charge in [-0.15, -0.1) is 0 Å². The van der Waals surface area contributed by atoms with Crippen molar-refractivity contribution in [3.05, 3.63) is 64.7 Å². The highest BCUT2D eigenvalue weighted by Gasteiger charge is 2.21. The van der Waals surface area contributed by atoms with E-state index in [1.807, 2.05) is 0 Å². The van der Waals surface area contributed by atoms with Crippen molar-refractivity contribution in [2.45, 2.75) is 32.9 Å². The van der Waals surface area contributed by atoms with E-state index in [2.05, 4.69) is 61.2 Å². The van der Waals surface area contributed by atoms with E-state index >= 15 is 0 Å². The van der Waals surface area contributed by atoms with E-state index in [1.54, 1.807) is 0 Å². The maximum Gasteiger partial charge on any atom is 0.0430 e. The molecule has 2 N–H and O–H groups in total. The predicted octanol–water partition coefficient (Wildman–Crippen LogP) is 3.19. The lowest BCUT2D eigenvalue weighted by Gasteiger charge is -2.34. The highest BCUT2D eigenvalue weighted by atomic mass is 15.2. The van der Waals surface area contributed by atoms with Crippen LogP contribution in [0.5, 0.6) is 0 Å². The van der Waals surface area contributed by atoms with Gasteiger partial charge in [0, 0.05) is 24.8 Å². The van der Waals surface area contributed by atoms with Gasteiger partial charge in [-0.3, -0.25) is 0 Å². The molecule has 0 aliphatic carbocycles. The summed E-state index contributed by atoms with van der Waals surface area (Å²) in [5.41, 5.74) is 12.9. The maximum absolute atomic E-state index is 6.21. The Morgan fingerprint density at radius 2 is 1.80 bits per heavy atom. The highest BCUT2D eigenvalue weighted by molar-refractivity contribution is 5.56. The Hall–Kier alpha value is -1.80. The minimum atomic E-state index is 0.232. The molecule has 104 valence electrons. The third kappa shape index (κ3) is 2.70. The van der Waals surface area contributed by atoms with E-state index in [4.69, 9.17) is 5.73 Å². The SMILES string of the molecule is Cc1cc(C)cc(CN2CC(N)Cc3ccccc32)c1. The molecule has 0 fully saturated rings. The summed E-state index contributed by atoms with van der Waals surface area (Å²) in [6.45, 7) is 6.19. The molecule has 2 aromatic rings. The molecule has 1 aliphatic heterocycles. The molecule has 20 heavy (non-hydrogen) atoms. The van der Waals surface area contributed by atoms with Crippen molar-refractivity contribution < 1.29 is 0 Å². The Morgan fingerprint density at radius 3 is 2.55 bits per heavy atom. The smallest absolute Gasteiger partial charge is 0.0430 e. The summed E-state index contributed by atoms with van der Waals surface area (Å²) < 4.78 is 0. The van der Waals surface area contributed by atoms with Crippen LogP contribution in [0.3, 0.4) is 0 Å². The van der Waals surface area contributed by atoms with Crippen LogP contribution < -0.4 is 10.6 Å². The van der Waals surface area contributed by atoms with Crippen molar-refractivity contribution in [1.29, 1.82) is 0 Å². The van der Waals surface area contributed by atoms with Crippen molar-refractivity contribution in [1.82, 2.24) is 0 Å². The van der Waals surface area contributed by atoms with Gasteiger partial charge in [-0.2, -0.15) is 0 Å². The molecule has 1 aliphatic rings. The maximum atomic E-state index is 6.21. The molecule has 0 radical (unpaired) electrons. The first-order valence-corrected chi connectivity index (χ1v) is 7.27. The zero-order valence-corrected chi connectivity index (χ0v) is 12.3. The summed E-state index contributed by atoms with van der Waals surface area (Å²) in [6, 6.07) is 15.6. The van der Waals surface area contributed by atoms with Gasteiger partial charge in [0.2, 0.25) is 0 Å². The molecule has 0 aromatic heterocycles. The molecular formula is C18H22N2. The summed E-state index contributed by atoms with van der Waals surface area (Å²) >= 11 is 0. The van der Waals surface area contributed by atoms with Gasteiger partial charge >= 0.3 is 0 Å². The fraction of sp³-hybridized carbons (Fsp3) is 0.333. The van der Waals surface area contributed by atoms with Crippen LogP contribution in [0, 0.1) is 13.8 Å². The first-order valence-electron chi connectivity index (χ1n) is 7.27. The molecule has 0 spiro atoms. The molecule has 0 saturated carbocycles. The van der Waals surface area contributed by atoms with E-state index in [0.29, 0.717) is 0 Å². The molecule has 1 heterocycles. The molecule has 2 nitrogen and oxygen atoms in total. The topological polar surface area (TPSA) is 29.3 Å². The summed E-state index contributed by atoms with van der Waals surface area (Å²) in [4.78, 5) is 2.41. The Kier molecular flexibility index (Phi) is 3.49. The van der Waals surface area contributed by atoms with Gasteiger partial charge in [-0.25, -0.2) is 0 Å². The first kappa shape index (κ1) is 13.2. The van der Waals surface area contributed by atoms with Crippen molar-refractivity contribution in [3.63, 3.8) is 0 Å². The number of nitrogens with zero attached hydrogens (tertiary/aromatic N) is 1. The molecule has 0 saturated heterocycles. The second kappa shape index (κ2) is 5.29. The number of para-hydroxylation sites is 1. The fourth-order valence-corrected chi connectivity index (χ4v) is 3.25. The van der Waals surface area contributed by atoms with Gasteiger partial charge in [-0.05, 0) is 37.5 Å². The molecule has 0 bridgehead atoms. The lowest BCUT2D eigenvalue weighted by molar-refractivity contribution is 0.598. The van der Waals surface area contributed by atoms with Gasteiger partial charge in [-0.1, -0.05) is 47.5 Å². The van der Waals surface area contributed by atoms with Crippen LogP contribution in [0.4, 0.5) is 5.69 Å². The molecule has 1 atom stereocenters. The lowest BCUT2D eigenvalue weighted by atomic mass is 9.97. The van der Waals surface area contributed by atoms with E-state index in [-0.39, 0.29) is 6.04 Å². The van der Waals surface area contributed by atoms with Gasteiger partial charge in [0.05, 0.1) is 0 Å². The molecule has 1 unspecified atom stereocenters. The molecule has 3 rings (SSSR count). The Labute approximate surface area is 121 Å². The highest BCUT2D eigenvalue weighted by Crippen LogP contribution is 2.28. The average molecular weight is 266 g/mol. The van der Waals surface area contributed by atoms with Crippen molar-refractivity contribution in [2.24, 2.45) is 5.73 Å². The van der Waals surface area contributed by atoms with Crippen LogP contribution in [0.25, 0.3) is 0 Å². The number of anilines is 1. The van der Waals surface area contributed by atoms with Gasteiger partial charge in [0.15, 0.2) is 0 Å².